The van der Waals surface area contributed by atoms with E-state index in [4.69, 9.17) is 9.47 Å². The van der Waals surface area contributed by atoms with Crippen molar-refractivity contribution in [2.45, 2.75) is 33.4 Å². The van der Waals surface area contributed by atoms with Crippen molar-refractivity contribution < 1.29 is 14.3 Å². The summed E-state index contributed by atoms with van der Waals surface area (Å²) in [5.41, 5.74) is 1.26. The first-order valence-corrected chi connectivity index (χ1v) is 9.66. The van der Waals surface area contributed by atoms with Crippen molar-refractivity contribution in [3.63, 3.8) is 0 Å². The largest absolute Gasteiger partial charge is 0.490 e. The van der Waals surface area contributed by atoms with Crippen molar-refractivity contribution >= 4 is 16.8 Å². The maximum atomic E-state index is 12.5. The Kier molecular flexibility index (Phi) is 6.49. The maximum absolute atomic E-state index is 12.5. The lowest BCUT2D eigenvalue weighted by atomic mass is 10.1. The highest BCUT2D eigenvalue weighted by Gasteiger charge is 2.14. The zero-order chi connectivity index (χ0) is 20.8. The standard InChI is InChI=1S/C22H25N3O4/c1-4-28-19-11-10-16(12-20(19)29-5-2)15(3)24-21(26)13-25-14-23-18-9-7-6-8-17(18)22(25)27/h6-12,14-15H,4-5,13H2,1-3H3,(H,24,26)/t15-/m1/s1. The number of fused-ring (bicyclic) bond motifs is 1. The Morgan fingerprint density at radius 3 is 2.59 bits per heavy atom. The van der Waals surface area contributed by atoms with Crippen molar-refractivity contribution in [2.24, 2.45) is 0 Å². The molecule has 1 atom stereocenters. The van der Waals surface area contributed by atoms with E-state index in [0.29, 0.717) is 35.6 Å². The lowest BCUT2D eigenvalue weighted by Gasteiger charge is -2.18. The molecule has 7 nitrogen and oxygen atoms in total. The highest BCUT2D eigenvalue weighted by Crippen LogP contribution is 2.30. The molecule has 0 unspecified atom stereocenters. The maximum Gasteiger partial charge on any atom is 0.261 e. The Morgan fingerprint density at radius 1 is 1.10 bits per heavy atom. The predicted molar refractivity (Wildman–Crippen MR) is 111 cm³/mol. The van der Waals surface area contributed by atoms with E-state index in [9.17, 15) is 9.59 Å². The van der Waals surface area contributed by atoms with Gasteiger partial charge in [0.15, 0.2) is 11.5 Å². The van der Waals surface area contributed by atoms with Gasteiger partial charge in [0.05, 0.1) is 36.5 Å². The summed E-state index contributed by atoms with van der Waals surface area (Å²) in [6.07, 6.45) is 1.40. The van der Waals surface area contributed by atoms with E-state index in [1.54, 1.807) is 18.2 Å². The average molecular weight is 395 g/mol. The van der Waals surface area contributed by atoms with Crippen LogP contribution in [0.25, 0.3) is 10.9 Å². The number of nitrogens with zero attached hydrogens (tertiary/aromatic N) is 2. The van der Waals surface area contributed by atoms with Gasteiger partial charge in [-0.25, -0.2) is 4.98 Å². The number of hydrogen-bond acceptors (Lipinski definition) is 5. The van der Waals surface area contributed by atoms with Crippen molar-refractivity contribution in [1.29, 1.82) is 0 Å². The Labute approximate surface area is 169 Å². The molecule has 0 aliphatic carbocycles. The van der Waals surface area contributed by atoms with Crippen LogP contribution >= 0.6 is 0 Å². The second-order valence-electron chi connectivity index (χ2n) is 6.56. The molecule has 0 aliphatic rings. The highest BCUT2D eigenvalue weighted by atomic mass is 16.5. The minimum absolute atomic E-state index is 0.101. The van der Waals surface area contributed by atoms with E-state index >= 15 is 0 Å². The van der Waals surface area contributed by atoms with Crippen LogP contribution < -0.4 is 20.3 Å². The fraction of sp³-hybridized carbons (Fsp3) is 0.318. The number of hydrogen-bond donors (Lipinski definition) is 1. The number of carbonyl (C=O) groups is 1. The summed E-state index contributed by atoms with van der Waals surface area (Å²) in [4.78, 5) is 29.3. The molecule has 3 aromatic rings. The third-order valence-electron chi connectivity index (χ3n) is 4.49. The summed E-state index contributed by atoms with van der Waals surface area (Å²) in [6.45, 7) is 6.66. The number of nitrogens with one attached hydrogen (secondary N) is 1. The Balaban J connectivity index is 1.73. The van der Waals surface area contributed by atoms with Crippen molar-refractivity contribution in [3.05, 3.63) is 64.7 Å². The van der Waals surface area contributed by atoms with Crippen molar-refractivity contribution in [1.82, 2.24) is 14.9 Å². The highest BCUT2D eigenvalue weighted by molar-refractivity contribution is 5.79. The number of aromatic nitrogens is 2. The van der Waals surface area contributed by atoms with Crippen LogP contribution in [0.1, 0.15) is 32.4 Å². The minimum atomic E-state index is -0.275. The van der Waals surface area contributed by atoms with E-state index < -0.39 is 0 Å². The molecule has 1 heterocycles. The number of amides is 1. The van der Waals surface area contributed by atoms with Gasteiger partial charge in [-0.05, 0) is 50.6 Å². The topological polar surface area (TPSA) is 82.5 Å². The van der Waals surface area contributed by atoms with Crippen LogP contribution in [-0.4, -0.2) is 28.7 Å². The summed E-state index contributed by atoms with van der Waals surface area (Å²) in [7, 11) is 0. The van der Waals surface area contributed by atoms with Gasteiger partial charge < -0.3 is 14.8 Å². The van der Waals surface area contributed by atoms with Gasteiger partial charge in [-0.2, -0.15) is 0 Å². The first kappa shape index (κ1) is 20.4. The third kappa shape index (κ3) is 4.74. The molecule has 152 valence electrons. The van der Waals surface area contributed by atoms with Crippen LogP contribution in [0.4, 0.5) is 0 Å². The van der Waals surface area contributed by atoms with Gasteiger partial charge in [-0.1, -0.05) is 18.2 Å². The molecule has 0 aliphatic heterocycles. The second-order valence-corrected chi connectivity index (χ2v) is 6.56. The number of para-hydroxylation sites is 1. The Morgan fingerprint density at radius 2 is 1.83 bits per heavy atom. The van der Waals surface area contributed by atoms with Crippen LogP contribution in [0.15, 0.2) is 53.6 Å². The molecule has 29 heavy (non-hydrogen) atoms. The summed E-state index contributed by atoms with van der Waals surface area (Å²) in [5, 5.41) is 3.41. The van der Waals surface area contributed by atoms with Gasteiger partial charge in [-0.15, -0.1) is 0 Å². The van der Waals surface area contributed by atoms with E-state index in [1.807, 2.05) is 45.0 Å². The molecular weight excluding hydrogens is 370 g/mol. The summed E-state index contributed by atoms with van der Waals surface area (Å²) in [5.74, 6) is 1.04. The number of carbonyl (C=O) groups excluding carboxylic acids is 1. The molecule has 0 bridgehead atoms. The van der Waals surface area contributed by atoms with Gasteiger partial charge in [0.25, 0.3) is 5.56 Å². The monoisotopic (exact) mass is 395 g/mol. The third-order valence-corrected chi connectivity index (χ3v) is 4.49. The second kappa shape index (κ2) is 9.23. The van der Waals surface area contributed by atoms with Gasteiger partial charge in [0.1, 0.15) is 6.54 Å². The van der Waals surface area contributed by atoms with Crippen molar-refractivity contribution in [2.75, 3.05) is 13.2 Å². The Hall–Kier alpha value is -3.35. The quantitative estimate of drug-likeness (QED) is 0.634. The SMILES string of the molecule is CCOc1ccc([C@@H](C)NC(=O)Cn2cnc3ccccc3c2=O)cc1OCC. The molecule has 0 spiro atoms. The molecule has 7 heteroatoms. The molecule has 2 aromatic carbocycles. The molecule has 0 saturated carbocycles. The normalized spacial score (nSPS) is 11.8. The predicted octanol–water partition coefficient (Wildman–Crippen LogP) is 3.07. The molecule has 3 rings (SSSR count). The molecule has 0 fully saturated rings. The van der Waals surface area contributed by atoms with Crippen LogP contribution in [0.2, 0.25) is 0 Å². The molecule has 0 saturated heterocycles. The summed E-state index contributed by atoms with van der Waals surface area (Å²) in [6, 6.07) is 12.4. The minimum Gasteiger partial charge on any atom is -0.490 e. The molecular formula is C22H25N3O4. The fourth-order valence-electron chi connectivity index (χ4n) is 3.08. The van der Waals surface area contributed by atoms with Crippen LogP contribution in [0.3, 0.4) is 0 Å². The van der Waals surface area contributed by atoms with E-state index in [-0.39, 0.29) is 24.1 Å². The smallest absolute Gasteiger partial charge is 0.261 e. The zero-order valence-corrected chi connectivity index (χ0v) is 16.8. The summed E-state index contributed by atoms with van der Waals surface area (Å²) >= 11 is 0. The van der Waals surface area contributed by atoms with E-state index in [1.165, 1.54) is 10.9 Å². The molecule has 1 aromatic heterocycles. The lowest BCUT2D eigenvalue weighted by molar-refractivity contribution is -0.122. The molecule has 1 N–H and O–H groups in total. The average Bonchev–Trinajstić information content (AvgIpc) is 2.72. The van der Waals surface area contributed by atoms with Gasteiger partial charge in [-0.3, -0.25) is 14.2 Å². The van der Waals surface area contributed by atoms with E-state index in [0.717, 1.165) is 5.56 Å². The first-order chi connectivity index (χ1) is 14.0. The van der Waals surface area contributed by atoms with Gasteiger partial charge in [0.2, 0.25) is 5.91 Å². The molecule has 0 radical (unpaired) electrons. The number of rotatable bonds is 8. The van der Waals surface area contributed by atoms with Crippen LogP contribution in [0.5, 0.6) is 11.5 Å². The first-order valence-electron chi connectivity index (χ1n) is 9.66. The molecule has 1 amide bonds. The number of ether oxygens (including phenoxy) is 2. The van der Waals surface area contributed by atoms with Crippen LogP contribution in [-0.2, 0) is 11.3 Å². The van der Waals surface area contributed by atoms with Crippen LogP contribution in [0, 0.1) is 0 Å². The number of benzene rings is 2. The lowest BCUT2D eigenvalue weighted by Crippen LogP contribution is -2.34. The van der Waals surface area contributed by atoms with Crippen molar-refractivity contribution in [3.8, 4) is 11.5 Å². The zero-order valence-electron chi connectivity index (χ0n) is 16.8. The Bertz CT molecular complexity index is 1060. The van der Waals surface area contributed by atoms with Gasteiger partial charge in [0, 0.05) is 0 Å². The van der Waals surface area contributed by atoms with Gasteiger partial charge >= 0.3 is 0 Å². The summed E-state index contributed by atoms with van der Waals surface area (Å²) < 4.78 is 12.5. The fourth-order valence-corrected chi connectivity index (χ4v) is 3.08. The van der Waals surface area contributed by atoms with E-state index in [2.05, 4.69) is 10.3 Å².